The molecule has 0 aliphatic carbocycles. The van der Waals surface area contributed by atoms with E-state index in [9.17, 15) is 50.1 Å². The van der Waals surface area contributed by atoms with E-state index in [1.165, 1.54) is 0 Å². The average molecular weight is 484 g/mol. The number of ketones is 2. The Bertz CT molecular complexity index is 1660. The zero-order valence-corrected chi connectivity index (χ0v) is 17.9. The minimum atomic E-state index is -1.19. The van der Waals surface area contributed by atoms with Gasteiger partial charge in [0.1, 0.15) is 0 Å². The third-order valence-corrected chi connectivity index (χ3v) is 5.31. The highest BCUT2D eigenvalue weighted by atomic mass is 16.5. The number of carbonyl (C=O) groups excluding carboxylic acids is 2. The van der Waals surface area contributed by atoms with Gasteiger partial charge in [0.25, 0.3) is 0 Å². The molecule has 0 radical (unpaired) electrons. The van der Waals surface area contributed by atoms with Crippen LogP contribution in [0.1, 0.15) is 34.6 Å². The number of carbonyl (C=O) groups is 2. The van der Waals surface area contributed by atoms with Crippen LogP contribution in [0, 0.1) is 0 Å². The number of fused-ring (bicyclic) bond motifs is 3. The zero-order chi connectivity index (χ0) is 25.9. The Morgan fingerprint density at radius 2 is 1.23 bits per heavy atom. The van der Waals surface area contributed by atoms with Gasteiger partial charge in [-0.25, -0.2) is 4.79 Å². The first-order valence-corrected chi connectivity index (χ1v) is 9.73. The van der Waals surface area contributed by atoms with E-state index in [0.717, 1.165) is 32.0 Å². The molecule has 12 nitrogen and oxygen atoms in total. The number of rotatable bonds is 4. The lowest BCUT2D eigenvalue weighted by Crippen LogP contribution is -2.05. The molecule has 0 spiro atoms. The Morgan fingerprint density at radius 1 is 0.686 bits per heavy atom. The predicted octanol–water partition coefficient (Wildman–Crippen LogP) is 3.08. The predicted molar refractivity (Wildman–Crippen MR) is 118 cm³/mol. The number of ether oxygens (including phenoxy) is 1. The molecule has 4 aromatic rings. The lowest BCUT2D eigenvalue weighted by molar-refractivity contribution is 0.100. The van der Waals surface area contributed by atoms with Gasteiger partial charge in [0.05, 0.1) is 10.9 Å². The summed E-state index contributed by atoms with van der Waals surface area (Å²) >= 11 is 0. The highest BCUT2D eigenvalue weighted by molar-refractivity contribution is 6.20. The van der Waals surface area contributed by atoms with Crippen LogP contribution >= 0.6 is 0 Å². The molecule has 3 aromatic carbocycles. The van der Waals surface area contributed by atoms with Gasteiger partial charge in [-0.15, -0.1) is 0 Å². The lowest BCUT2D eigenvalue weighted by atomic mass is 9.98. The largest absolute Gasteiger partial charge is 0.504 e. The molecule has 0 aliphatic heterocycles. The highest BCUT2D eigenvalue weighted by Gasteiger charge is 2.28. The number of hydrogen-bond donors (Lipinski definition) is 7. The zero-order valence-electron chi connectivity index (χ0n) is 17.9. The summed E-state index contributed by atoms with van der Waals surface area (Å²) in [5.74, 6) is -9.51. The SMILES string of the molecule is CC(=O)c1cc(O)c(O)c(O)c1Oc1c(O)cc(C(C)=O)c2c1oc(=O)c1cc(O)c(O)c(O)c12. The summed E-state index contributed by atoms with van der Waals surface area (Å²) in [4.78, 5) is 37.1. The van der Waals surface area contributed by atoms with Gasteiger partial charge >= 0.3 is 5.63 Å². The Labute approximate surface area is 193 Å². The molecule has 1 aromatic heterocycles. The van der Waals surface area contributed by atoms with Crippen LogP contribution in [0.5, 0.6) is 51.7 Å². The van der Waals surface area contributed by atoms with E-state index in [2.05, 4.69) is 0 Å². The summed E-state index contributed by atoms with van der Waals surface area (Å²) < 4.78 is 10.7. The maximum atomic E-state index is 12.7. The van der Waals surface area contributed by atoms with Crippen LogP contribution < -0.4 is 10.4 Å². The van der Waals surface area contributed by atoms with E-state index < -0.39 is 90.9 Å². The van der Waals surface area contributed by atoms with E-state index >= 15 is 0 Å². The number of hydrogen-bond acceptors (Lipinski definition) is 12. The monoisotopic (exact) mass is 484 g/mol. The number of phenols is 7. The van der Waals surface area contributed by atoms with Gasteiger partial charge in [-0.1, -0.05) is 0 Å². The van der Waals surface area contributed by atoms with Gasteiger partial charge in [0.2, 0.25) is 23.0 Å². The van der Waals surface area contributed by atoms with Crippen molar-refractivity contribution in [2.24, 2.45) is 0 Å². The third-order valence-electron chi connectivity index (χ3n) is 5.31. The van der Waals surface area contributed by atoms with Crippen LogP contribution in [-0.2, 0) is 0 Å². The van der Waals surface area contributed by atoms with Gasteiger partial charge in [-0.05, 0) is 32.0 Å². The second-order valence-corrected chi connectivity index (χ2v) is 7.57. The molecule has 0 aliphatic rings. The Balaban J connectivity index is 2.20. The molecule has 0 fully saturated rings. The van der Waals surface area contributed by atoms with Crippen LogP contribution in [0.4, 0.5) is 0 Å². The van der Waals surface area contributed by atoms with Crippen molar-refractivity contribution in [2.75, 3.05) is 0 Å². The molecule has 12 heteroatoms. The molecule has 0 atom stereocenters. The van der Waals surface area contributed by atoms with Crippen LogP contribution in [0.2, 0.25) is 0 Å². The van der Waals surface area contributed by atoms with Crippen molar-refractivity contribution in [3.63, 3.8) is 0 Å². The standard InChI is InChI=1S/C23H16O12/c1-6(24)8-3-13(28)21(34-20-9(7(2)25)4-11(26)17(30)19(20)32)22-15(8)14-10(23(33)35-22)5-12(27)16(29)18(14)31/h3-5,26-32H,1-2H3. The first-order chi connectivity index (χ1) is 16.3. The van der Waals surface area contributed by atoms with E-state index in [0.29, 0.717) is 0 Å². The molecule has 0 unspecified atom stereocenters. The van der Waals surface area contributed by atoms with E-state index in [1.807, 2.05) is 0 Å². The Hall–Kier alpha value is -5.13. The maximum Gasteiger partial charge on any atom is 0.344 e. The molecule has 0 bridgehead atoms. The van der Waals surface area contributed by atoms with Crippen molar-refractivity contribution in [2.45, 2.75) is 13.8 Å². The van der Waals surface area contributed by atoms with Gasteiger partial charge in [-0.3, -0.25) is 9.59 Å². The smallest absolute Gasteiger partial charge is 0.344 e. The summed E-state index contributed by atoms with van der Waals surface area (Å²) in [6, 6.07) is 2.46. The second-order valence-electron chi connectivity index (χ2n) is 7.57. The van der Waals surface area contributed by atoms with Gasteiger partial charge < -0.3 is 44.9 Å². The number of phenolic OH excluding ortho intramolecular Hbond substituents is 7. The fraction of sp³-hybridized carbons (Fsp3) is 0.0870. The summed E-state index contributed by atoms with van der Waals surface area (Å²) in [6.45, 7) is 2.15. The molecule has 35 heavy (non-hydrogen) atoms. The Kier molecular flexibility index (Phi) is 5.09. The quantitative estimate of drug-likeness (QED) is 0.0962. The molecular formula is C23H16O12. The van der Waals surface area contributed by atoms with Crippen LogP contribution in [0.3, 0.4) is 0 Å². The van der Waals surface area contributed by atoms with Crippen molar-refractivity contribution >= 4 is 33.3 Å². The summed E-state index contributed by atoms with van der Waals surface area (Å²) in [7, 11) is 0. The molecular weight excluding hydrogens is 468 g/mol. The molecule has 0 saturated carbocycles. The lowest BCUT2D eigenvalue weighted by Gasteiger charge is -2.17. The fourth-order valence-corrected chi connectivity index (χ4v) is 3.65. The van der Waals surface area contributed by atoms with Gasteiger partial charge in [-0.2, -0.15) is 0 Å². The first-order valence-electron chi connectivity index (χ1n) is 9.73. The summed E-state index contributed by atoms with van der Waals surface area (Å²) in [5.41, 5.74) is -2.56. The molecule has 1 heterocycles. The normalized spacial score (nSPS) is 11.1. The van der Waals surface area contributed by atoms with Crippen molar-refractivity contribution < 1.29 is 54.5 Å². The van der Waals surface area contributed by atoms with Gasteiger partial charge in [0.15, 0.2) is 45.9 Å². The summed E-state index contributed by atoms with van der Waals surface area (Å²) in [6.07, 6.45) is 0. The third kappa shape index (κ3) is 3.35. The number of Topliss-reactive ketones (excluding diaryl/α,β-unsaturated/α-hetero) is 2. The van der Waals surface area contributed by atoms with Crippen LogP contribution in [0.15, 0.2) is 27.4 Å². The topological polar surface area (TPSA) is 215 Å². The fourth-order valence-electron chi connectivity index (χ4n) is 3.65. The molecule has 0 amide bonds. The van der Waals surface area contributed by atoms with Crippen LogP contribution in [-0.4, -0.2) is 47.3 Å². The van der Waals surface area contributed by atoms with E-state index in [1.54, 1.807) is 0 Å². The van der Waals surface area contributed by atoms with E-state index in [4.69, 9.17) is 9.15 Å². The Morgan fingerprint density at radius 3 is 1.83 bits per heavy atom. The molecule has 0 saturated heterocycles. The van der Waals surface area contributed by atoms with Crippen molar-refractivity contribution in [1.82, 2.24) is 0 Å². The van der Waals surface area contributed by atoms with Crippen LogP contribution in [0.25, 0.3) is 21.7 Å². The van der Waals surface area contributed by atoms with E-state index in [-0.39, 0.29) is 10.9 Å². The number of aromatic hydroxyl groups is 7. The first kappa shape index (κ1) is 23.0. The van der Waals surface area contributed by atoms with Crippen molar-refractivity contribution in [3.8, 4) is 51.7 Å². The molecule has 4 rings (SSSR count). The van der Waals surface area contributed by atoms with Gasteiger partial charge in [0, 0.05) is 16.3 Å². The minimum absolute atomic E-state index is 0.288. The summed E-state index contributed by atoms with van der Waals surface area (Å²) in [5, 5.41) is 69.7. The molecule has 180 valence electrons. The minimum Gasteiger partial charge on any atom is -0.504 e. The average Bonchev–Trinajstić information content (AvgIpc) is 2.78. The van der Waals surface area contributed by atoms with Crippen molar-refractivity contribution in [1.29, 1.82) is 0 Å². The second kappa shape index (κ2) is 7.73. The maximum absolute atomic E-state index is 12.7. The molecule has 7 N–H and O–H groups in total. The van der Waals surface area contributed by atoms with Crippen molar-refractivity contribution in [3.05, 3.63) is 39.7 Å². The highest BCUT2D eigenvalue weighted by Crippen LogP contribution is 2.51. The number of benzene rings is 3.